The number of benzene rings is 1. The fourth-order valence-electron chi connectivity index (χ4n) is 3.94. The van der Waals surface area contributed by atoms with Crippen LogP contribution in [0, 0.1) is 0 Å². The third kappa shape index (κ3) is 4.26. The van der Waals surface area contributed by atoms with Crippen LogP contribution in [-0.2, 0) is 13.5 Å². The van der Waals surface area contributed by atoms with Gasteiger partial charge in [0, 0.05) is 58.4 Å². The molecule has 0 radical (unpaired) electrons. The Morgan fingerprint density at radius 2 is 1.74 bits per heavy atom. The molecule has 0 N–H and O–H groups in total. The van der Waals surface area contributed by atoms with Crippen LogP contribution < -0.4 is 0 Å². The highest BCUT2D eigenvalue weighted by atomic mass is 15.3. The van der Waals surface area contributed by atoms with Crippen LogP contribution in [0.25, 0.3) is 0 Å². The molecule has 0 amide bonds. The molecule has 1 aliphatic rings. The van der Waals surface area contributed by atoms with E-state index in [1.165, 1.54) is 16.8 Å². The number of piperazine rings is 1. The van der Waals surface area contributed by atoms with Gasteiger partial charge < -0.3 is 4.90 Å². The third-order valence-electron chi connectivity index (χ3n) is 5.47. The number of nitrogens with zero attached hydrogens (tertiary/aromatic N) is 5. The zero-order chi connectivity index (χ0) is 18.5. The molecule has 140 valence electrons. The molecule has 3 heterocycles. The summed E-state index contributed by atoms with van der Waals surface area (Å²) in [4.78, 5) is 9.49. The lowest BCUT2D eigenvalue weighted by molar-refractivity contribution is 0.107. The Bertz CT molecular complexity index is 822. The van der Waals surface area contributed by atoms with Crippen molar-refractivity contribution >= 4 is 0 Å². The van der Waals surface area contributed by atoms with Gasteiger partial charge in [-0.2, -0.15) is 5.10 Å². The highest BCUT2D eigenvalue weighted by Gasteiger charge is 2.28. The van der Waals surface area contributed by atoms with Gasteiger partial charge in [-0.05, 0) is 29.7 Å². The van der Waals surface area contributed by atoms with Gasteiger partial charge in [-0.25, -0.2) is 0 Å². The standard InChI is InChI=1S/C22H27N5/c1-25-21(9-12-24-25)22(20-8-5-11-23-18-20)27-16-14-26(15-17-27)13-10-19-6-3-2-4-7-19/h2-9,11-12,18,22H,10,13-17H2,1H3. The molecule has 27 heavy (non-hydrogen) atoms. The average Bonchev–Trinajstić information content (AvgIpc) is 3.15. The predicted octanol–water partition coefficient (Wildman–Crippen LogP) is 2.76. The largest absolute Gasteiger partial charge is 0.300 e. The van der Waals surface area contributed by atoms with Gasteiger partial charge in [0.25, 0.3) is 0 Å². The van der Waals surface area contributed by atoms with E-state index < -0.39 is 0 Å². The molecule has 5 nitrogen and oxygen atoms in total. The first-order valence-corrected chi connectivity index (χ1v) is 9.69. The van der Waals surface area contributed by atoms with Crippen molar-refractivity contribution < 1.29 is 0 Å². The zero-order valence-electron chi connectivity index (χ0n) is 15.9. The number of hydrogen-bond acceptors (Lipinski definition) is 4. The van der Waals surface area contributed by atoms with Crippen molar-refractivity contribution in [1.82, 2.24) is 24.6 Å². The fourth-order valence-corrected chi connectivity index (χ4v) is 3.94. The van der Waals surface area contributed by atoms with Crippen molar-refractivity contribution in [2.24, 2.45) is 7.05 Å². The topological polar surface area (TPSA) is 37.2 Å². The molecule has 0 aliphatic carbocycles. The first-order chi connectivity index (χ1) is 13.3. The lowest BCUT2D eigenvalue weighted by atomic mass is 10.0. The van der Waals surface area contributed by atoms with Gasteiger partial charge in [0.05, 0.1) is 11.7 Å². The van der Waals surface area contributed by atoms with Crippen LogP contribution in [0.5, 0.6) is 0 Å². The monoisotopic (exact) mass is 361 g/mol. The smallest absolute Gasteiger partial charge is 0.0788 e. The maximum atomic E-state index is 4.40. The van der Waals surface area contributed by atoms with Crippen LogP contribution in [-0.4, -0.2) is 57.3 Å². The maximum absolute atomic E-state index is 4.40. The van der Waals surface area contributed by atoms with Crippen molar-refractivity contribution in [1.29, 1.82) is 0 Å². The third-order valence-corrected chi connectivity index (χ3v) is 5.47. The number of hydrogen-bond donors (Lipinski definition) is 0. The minimum absolute atomic E-state index is 0.211. The Kier molecular flexibility index (Phi) is 5.61. The fraction of sp³-hybridized carbons (Fsp3) is 0.364. The van der Waals surface area contributed by atoms with Gasteiger partial charge in [-0.1, -0.05) is 36.4 Å². The number of pyridine rings is 1. The first kappa shape index (κ1) is 17.9. The van der Waals surface area contributed by atoms with Crippen LogP contribution in [0.15, 0.2) is 67.1 Å². The van der Waals surface area contributed by atoms with E-state index in [0.717, 1.165) is 39.1 Å². The van der Waals surface area contributed by atoms with E-state index in [9.17, 15) is 0 Å². The van der Waals surface area contributed by atoms with E-state index >= 15 is 0 Å². The summed E-state index contributed by atoms with van der Waals surface area (Å²) < 4.78 is 1.99. The molecule has 1 atom stereocenters. The van der Waals surface area contributed by atoms with E-state index in [0.29, 0.717) is 0 Å². The maximum Gasteiger partial charge on any atom is 0.0788 e. The lowest BCUT2D eigenvalue weighted by Crippen LogP contribution is -2.48. The molecule has 5 heteroatoms. The predicted molar refractivity (Wildman–Crippen MR) is 107 cm³/mol. The van der Waals surface area contributed by atoms with Gasteiger partial charge in [-0.15, -0.1) is 0 Å². The minimum atomic E-state index is 0.211. The summed E-state index contributed by atoms with van der Waals surface area (Å²) in [6.45, 7) is 5.43. The summed E-state index contributed by atoms with van der Waals surface area (Å²) >= 11 is 0. The van der Waals surface area contributed by atoms with Gasteiger partial charge in [-0.3, -0.25) is 14.6 Å². The van der Waals surface area contributed by atoms with Crippen molar-refractivity contribution in [2.45, 2.75) is 12.5 Å². The quantitative estimate of drug-likeness (QED) is 0.677. The molecule has 1 unspecified atom stereocenters. The zero-order valence-corrected chi connectivity index (χ0v) is 15.9. The molecule has 1 aromatic carbocycles. The molecule has 0 bridgehead atoms. The Hall–Kier alpha value is -2.50. The lowest BCUT2D eigenvalue weighted by Gasteiger charge is -2.39. The van der Waals surface area contributed by atoms with Crippen LogP contribution in [0.2, 0.25) is 0 Å². The van der Waals surface area contributed by atoms with E-state index in [4.69, 9.17) is 0 Å². The van der Waals surface area contributed by atoms with E-state index in [1.54, 1.807) is 0 Å². The molecule has 0 spiro atoms. The average molecular weight is 361 g/mol. The summed E-state index contributed by atoms with van der Waals surface area (Å²) in [5, 5.41) is 4.40. The number of rotatable bonds is 6. The summed E-state index contributed by atoms with van der Waals surface area (Å²) in [6, 6.07) is 17.3. The molecule has 0 saturated carbocycles. The molecule has 1 fully saturated rings. The Balaban J connectivity index is 1.42. The Labute approximate surface area is 161 Å². The summed E-state index contributed by atoms with van der Waals surface area (Å²) in [5.74, 6) is 0. The van der Waals surface area contributed by atoms with Crippen molar-refractivity contribution in [3.63, 3.8) is 0 Å². The van der Waals surface area contributed by atoms with Crippen molar-refractivity contribution in [3.05, 3.63) is 83.9 Å². The summed E-state index contributed by atoms with van der Waals surface area (Å²) in [7, 11) is 2.02. The summed E-state index contributed by atoms with van der Waals surface area (Å²) in [6.07, 6.45) is 6.83. The van der Waals surface area contributed by atoms with Gasteiger partial charge in [0.15, 0.2) is 0 Å². The highest BCUT2D eigenvalue weighted by Crippen LogP contribution is 2.28. The minimum Gasteiger partial charge on any atom is -0.300 e. The van der Waals surface area contributed by atoms with Gasteiger partial charge in [0.2, 0.25) is 0 Å². The second-order valence-electron chi connectivity index (χ2n) is 7.18. The normalized spacial score (nSPS) is 17.1. The van der Waals surface area contributed by atoms with Crippen LogP contribution in [0.1, 0.15) is 22.9 Å². The van der Waals surface area contributed by atoms with Gasteiger partial charge >= 0.3 is 0 Å². The van der Waals surface area contributed by atoms with Crippen molar-refractivity contribution in [3.8, 4) is 0 Å². The molecule has 2 aromatic heterocycles. The van der Waals surface area contributed by atoms with E-state index in [1.807, 2.05) is 36.4 Å². The number of aromatic nitrogens is 3. The van der Waals surface area contributed by atoms with E-state index in [-0.39, 0.29) is 6.04 Å². The molecule has 3 aromatic rings. The first-order valence-electron chi connectivity index (χ1n) is 9.69. The second kappa shape index (κ2) is 8.46. The molecular formula is C22H27N5. The molecular weight excluding hydrogens is 334 g/mol. The van der Waals surface area contributed by atoms with Crippen LogP contribution in [0.4, 0.5) is 0 Å². The van der Waals surface area contributed by atoms with Gasteiger partial charge in [0.1, 0.15) is 0 Å². The Morgan fingerprint density at radius 1 is 0.926 bits per heavy atom. The van der Waals surface area contributed by atoms with Crippen LogP contribution >= 0.6 is 0 Å². The highest BCUT2D eigenvalue weighted by molar-refractivity contribution is 5.25. The number of aryl methyl sites for hydroxylation is 1. The van der Waals surface area contributed by atoms with Crippen LogP contribution in [0.3, 0.4) is 0 Å². The molecule has 4 rings (SSSR count). The molecule has 1 aliphatic heterocycles. The second-order valence-corrected chi connectivity index (χ2v) is 7.18. The van der Waals surface area contributed by atoms with E-state index in [2.05, 4.69) is 62.3 Å². The molecule has 1 saturated heterocycles. The SMILES string of the molecule is Cn1nccc1C(c1cccnc1)N1CCN(CCc2ccccc2)CC1. The van der Waals surface area contributed by atoms with Crippen molar-refractivity contribution in [2.75, 3.05) is 32.7 Å². The summed E-state index contributed by atoms with van der Waals surface area (Å²) in [5.41, 5.74) is 3.88. The Morgan fingerprint density at radius 3 is 2.41 bits per heavy atom.